The van der Waals surface area contributed by atoms with Crippen LogP contribution in [0.25, 0.3) is 0 Å². The summed E-state index contributed by atoms with van der Waals surface area (Å²) in [5.74, 6) is 0.137. The van der Waals surface area contributed by atoms with Gasteiger partial charge >= 0.3 is 0 Å². The van der Waals surface area contributed by atoms with E-state index in [1.165, 1.54) is 11.8 Å². The van der Waals surface area contributed by atoms with Crippen molar-refractivity contribution in [3.63, 3.8) is 0 Å². The van der Waals surface area contributed by atoms with Crippen LogP contribution in [0.2, 0.25) is 5.02 Å². The van der Waals surface area contributed by atoms with Crippen LogP contribution in [0.1, 0.15) is 17.3 Å². The Balaban J connectivity index is 1.53. The Labute approximate surface area is 163 Å². The molecule has 1 heterocycles. The molecule has 6 heteroatoms. The van der Waals surface area contributed by atoms with Gasteiger partial charge in [0.15, 0.2) is 0 Å². The van der Waals surface area contributed by atoms with Gasteiger partial charge in [-0.3, -0.25) is 9.59 Å². The molecule has 0 spiro atoms. The number of thioether (sulfide) groups is 1. The SMILES string of the molecule is CC(Sc1ccc(Cl)cc1)C(=O)N1CCN(C(=O)c2ccccc2)CC1. The first-order chi connectivity index (χ1) is 12.5. The van der Waals surface area contributed by atoms with E-state index in [4.69, 9.17) is 11.6 Å². The minimum Gasteiger partial charge on any atom is -0.338 e. The van der Waals surface area contributed by atoms with Crippen LogP contribution in [0, 0.1) is 0 Å². The average molecular weight is 389 g/mol. The topological polar surface area (TPSA) is 40.6 Å². The van der Waals surface area contributed by atoms with Gasteiger partial charge in [-0.2, -0.15) is 0 Å². The van der Waals surface area contributed by atoms with Crippen LogP contribution < -0.4 is 0 Å². The zero-order valence-corrected chi connectivity index (χ0v) is 16.2. The fraction of sp³-hybridized carbons (Fsp3) is 0.300. The zero-order valence-electron chi connectivity index (χ0n) is 14.6. The minimum atomic E-state index is -0.174. The average Bonchev–Trinajstić information content (AvgIpc) is 2.69. The lowest BCUT2D eigenvalue weighted by atomic mass is 10.2. The van der Waals surface area contributed by atoms with Gasteiger partial charge in [-0.25, -0.2) is 0 Å². The van der Waals surface area contributed by atoms with Gasteiger partial charge in [-0.05, 0) is 43.3 Å². The summed E-state index contributed by atoms with van der Waals surface area (Å²) in [5.41, 5.74) is 0.693. The molecule has 0 radical (unpaired) electrons. The van der Waals surface area contributed by atoms with E-state index in [0.29, 0.717) is 36.8 Å². The second kappa shape index (κ2) is 8.60. The van der Waals surface area contributed by atoms with E-state index in [-0.39, 0.29) is 17.1 Å². The highest BCUT2D eigenvalue weighted by Gasteiger charge is 2.27. The molecule has 1 atom stereocenters. The molecule has 26 heavy (non-hydrogen) atoms. The number of amides is 2. The maximum atomic E-state index is 12.7. The quantitative estimate of drug-likeness (QED) is 0.748. The lowest BCUT2D eigenvalue weighted by Crippen LogP contribution is -2.52. The van der Waals surface area contributed by atoms with Crippen molar-refractivity contribution in [1.29, 1.82) is 0 Å². The van der Waals surface area contributed by atoms with Gasteiger partial charge in [-0.15, -0.1) is 11.8 Å². The van der Waals surface area contributed by atoms with Crippen molar-refractivity contribution in [3.8, 4) is 0 Å². The van der Waals surface area contributed by atoms with Gasteiger partial charge in [0.1, 0.15) is 0 Å². The predicted octanol–water partition coefficient (Wildman–Crippen LogP) is 3.81. The fourth-order valence-electron chi connectivity index (χ4n) is 2.92. The molecule has 2 aromatic rings. The van der Waals surface area contributed by atoms with Crippen molar-refractivity contribution in [2.24, 2.45) is 0 Å². The van der Waals surface area contributed by atoms with Crippen LogP contribution in [0.15, 0.2) is 59.5 Å². The Morgan fingerprint density at radius 2 is 1.50 bits per heavy atom. The highest BCUT2D eigenvalue weighted by Crippen LogP contribution is 2.26. The molecule has 0 saturated carbocycles. The summed E-state index contributed by atoms with van der Waals surface area (Å²) in [5, 5.41) is 0.514. The normalized spacial score (nSPS) is 15.6. The summed E-state index contributed by atoms with van der Waals surface area (Å²) in [7, 11) is 0. The number of carbonyl (C=O) groups is 2. The van der Waals surface area contributed by atoms with E-state index in [1.54, 1.807) is 0 Å². The molecule has 0 aromatic heterocycles. The molecule has 1 saturated heterocycles. The molecule has 1 unspecified atom stereocenters. The highest BCUT2D eigenvalue weighted by molar-refractivity contribution is 8.00. The number of carbonyl (C=O) groups excluding carboxylic acids is 2. The predicted molar refractivity (Wildman–Crippen MR) is 106 cm³/mol. The molecular weight excluding hydrogens is 368 g/mol. The third-order valence-corrected chi connectivity index (χ3v) is 5.73. The van der Waals surface area contributed by atoms with Crippen LogP contribution in [0.4, 0.5) is 0 Å². The summed E-state index contributed by atoms with van der Waals surface area (Å²) in [6, 6.07) is 16.8. The molecule has 2 amide bonds. The van der Waals surface area contributed by atoms with Crippen molar-refractivity contribution < 1.29 is 9.59 Å². The Bertz CT molecular complexity index is 759. The van der Waals surface area contributed by atoms with Gasteiger partial charge in [0.25, 0.3) is 5.91 Å². The first-order valence-electron chi connectivity index (χ1n) is 8.60. The Morgan fingerprint density at radius 1 is 0.923 bits per heavy atom. The first kappa shape index (κ1) is 18.8. The number of piperazine rings is 1. The minimum absolute atomic E-state index is 0.0290. The van der Waals surface area contributed by atoms with Gasteiger partial charge in [0.2, 0.25) is 5.91 Å². The third kappa shape index (κ3) is 4.59. The highest BCUT2D eigenvalue weighted by atomic mass is 35.5. The number of hydrogen-bond donors (Lipinski definition) is 0. The van der Waals surface area contributed by atoms with E-state index >= 15 is 0 Å². The van der Waals surface area contributed by atoms with E-state index in [0.717, 1.165) is 4.90 Å². The molecule has 0 N–H and O–H groups in total. The van der Waals surface area contributed by atoms with Crippen molar-refractivity contribution in [2.75, 3.05) is 26.2 Å². The monoisotopic (exact) mass is 388 g/mol. The van der Waals surface area contributed by atoms with Gasteiger partial charge in [0, 0.05) is 41.7 Å². The molecule has 4 nitrogen and oxygen atoms in total. The molecule has 1 aliphatic rings. The fourth-order valence-corrected chi connectivity index (χ4v) is 4.00. The van der Waals surface area contributed by atoms with E-state index in [9.17, 15) is 9.59 Å². The summed E-state index contributed by atoms with van der Waals surface area (Å²) >= 11 is 7.43. The van der Waals surface area contributed by atoms with Crippen LogP contribution in [0.3, 0.4) is 0 Å². The summed E-state index contributed by atoms with van der Waals surface area (Å²) in [6.45, 7) is 4.20. The number of rotatable bonds is 4. The van der Waals surface area contributed by atoms with Gasteiger partial charge in [-0.1, -0.05) is 29.8 Å². The molecule has 0 aliphatic carbocycles. The van der Waals surface area contributed by atoms with Gasteiger partial charge in [0.05, 0.1) is 5.25 Å². The van der Waals surface area contributed by atoms with Crippen molar-refractivity contribution >= 4 is 35.2 Å². The number of nitrogens with zero attached hydrogens (tertiary/aromatic N) is 2. The Hall–Kier alpha value is -1.98. The molecule has 3 rings (SSSR count). The maximum Gasteiger partial charge on any atom is 0.253 e. The summed E-state index contributed by atoms with van der Waals surface area (Å²) < 4.78 is 0. The number of benzene rings is 2. The van der Waals surface area contributed by atoms with Crippen LogP contribution in [0.5, 0.6) is 0 Å². The smallest absolute Gasteiger partial charge is 0.253 e. The van der Waals surface area contributed by atoms with Crippen LogP contribution in [-0.2, 0) is 4.79 Å². The lowest BCUT2D eigenvalue weighted by molar-refractivity contribution is -0.131. The standard InChI is InChI=1S/C20H21ClN2O2S/c1-15(26-18-9-7-17(21)8-10-18)19(24)22-11-13-23(14-12-22)20(25)16-5-3-2-4-6-16/h2-10,15H,11-14H2,1H3. The van der Waals surface area contributed by atoms with Gasteiger partial charge < -0.3 is 9.80 Å². The second-order valence-electron chi connectivity index (χ2n) is 6.20. The summed E-state index contributed by atoms with van der Waals surface area (Å²) in [6.07, 6.45) is 0. The van der Waals surface area contributed by atoms with E-state index < -0.39 is 0 Å². The zero-order chi connectivity index (χ0) is 18.5. The van der Waals surface area contributed by atoms with E-state index in [2.05, 4.69) is 0 Å². The Morgan fingerprint density at radius 3 is 2.12 bits per heavy atom. The van der Waals surface area contributed by atoms with E-state index in [1.807, 2.05) is 71.3 Å². The van der Waals surface area contributed by atoms with Crippen LogP contribution in [-0.4, -0.2) is 53.0 Å². The molecule has 2 aromatic carbocycles. The maximum absolute atomic E-state index is 12.7. The number of hydrogen-bond acceptors (Lipinski definition) is 3. The van der Waals surface area contributed by atoms with Crippen LogP contribution >= 0.6 is 23.4 Å². The van der Waals surface area contributed by atoms with Crippen molar-refractivity contribution in [3.05, 3.63) is 65.2 Å². The second-order valence-corrected chi connectivity index (χ2v) is 8.05. The molecule has 136 valence electrons. The first-order valence-corrected chi connectivity index (χ1v) is 9.85. The van der Waals surface area contributed by atoms with Crippen molar-refractivity contribution in [2.45, 2.75) is 17.1 Å². The number of halogens is 1. The molecule has 1 fully saturated rings. The molecule has 0 bridgehead atoms. The lowest BCUT2D eigenvalue weighted by Gasteiger charge is -2.36. The molecular formula is C20H21ClN2O2S. The molecule has 1 aliphatic heterocycles. The third-order valence-electron chi connectivity index (χ3n) is 4.37. The van der Waals surface area contributed by atoms with Crippen molar-refractivity contribution in [1.82, 2.24) is 9.80 Å². The largest absolute Gasteiger partial charge is 0.338 e. The Kier molecular flexibility index (Phi) is 6.22. The summed E-state index contributed by atoms with van der Waals surface area (Å²) in [4.78, 5) is 29.9.